The summed E-state index contributed by atoms with van der Waals surface area (Å²) in [5.74, 6) is 0. The van der Waals surface area contributed by atoms with Crippen LogP contribution in [0.2, 0.25) is 0 Å². The van der Waals surface area contributed by atoms with Crippen molar-refractivity contribution in [2.75, 3.05) is 59.9 Å². The first-order chi connectivity index (χ1) is 15.3. The van der Waals surface area contributed by atoms with E-state index in [1.54, 1.807) is 12.1 Å². The fourth-order valence-electron chi connectivity index (χ4n) is 1.46. The predicted octanol–water partition coefficient (Wildman–Crippen LogP) is -0.529. The van der Waals surface area contributed by atoms with Gasteiger partial charge in [0.05, 0.1) is 59.7 Å². The predicted molar refractivity (Wildman–Crippen MR) is 111 cm³/mol. The summed E-state index contributed by atoms with van der Waals surface area (Å²) in [6.45, 7) is 3.05. The van der Waals surface area contributed by atoms with Gasteiger partial charge in [-0.05, 0) is 24.6 Å². The first kappa shape index (κ1) is 35.1. The molecule has 0 aliphatic heterocycles. The van der Waals surface area contributed by atoms with Gasteiger partial charge in [0.25, 0.3) is 10.1 Å². The second-order valence-corrected chi connectivity index (χ2v) is 6.42. The smallest absolute Gasteiger partial charge is 0.394 e. The summed E-state index contributed by atoms with van der Waals surface area (Å²) in [6, 6.07) is 6.41. The van der Waals surface area contributed by atoms with E-state index in [2.05, 4.69) is 10.0 Å². The first-order valence-corrected chi connectivity index (χ1v) is 9.89. The van der Waals surface area contributed by atoms with E-state index >= 15 is 0 Å². The molecule has 0 aliphatic rings. The summed E-state index contributed by atoms with van der Waals surface area (Å²) >= 11 is 0. The Kier molecular flexibility index (Phi) is 32.4. The molecule has 32 heavy (non-hydrogen) atoms. The van der Waals surface area contributed by atoms with E-state index in [1.165, 1.54) is 17.0 Å². The molecular weight excluding hydrogens is 462 g/mol. The minimum absolute atomic E-state index is 0. The van der Waals surface area contributed by atoms with Crippen LogP contribution in [-0.4, -0.2) is 78.6 Å². The van der Waals surface area contributed by atoms with Gasteiger partial charge in [-0.25, -0.2) is 0 Å². The molecule has 0 spiro atoms. The van der Waals surface area contributed by atoms with Gasteiger partial charge >= 0.3 is 29.6 Å². The topological polar surface area (TPSA) is 210 Å². The van der Waals surface area contributed by atoms with Gasteiger partial charge in [-0.2, -0.15) is 8.42 Å². The largest absolute Gasteiger partial charge is 1.00 e. The van der Waals surface area contributed by atoms with E-state index in [4.69, 9.17) is 41.8 Å². The van der Waals surface area contributed by atoms with Crippen LogP contribution < -0.4 is 29.6 Å². The minimum Gasteiger partial charge on any atom is -0.394 e. The van der Waals surface area contributed by atoms with Crippen molar-refractivity contribution in [3.8, 4) is 0 Å². The number of aliphatic hydroxyl groups excluding tert-OH is 2. The van der Waals surface area contributed by atoms with Crippen molar-refractivity contribution in [2.45, 2.75) is 11.8 Å². The third-order valence-electron chi connectivity index (χ3n) is 2.65. The Morgan fingerprint density at radius 1 is 1.03 bits per heavy atom. The number of alkyl halides is 1. The molecule has 16 heteroatoms. The van der Waals surface area contributed by atoms with Crippen LogP contribution in [0.1, 0.15) is 6.93 Å². The number of aryl methyl sites for hydroxylation is 1. The summed E-state index contributed by atoms with van der Waals surface area (Å²) in [6.07, 6.45) is 0. The van der Waals surface area contributed by atoms with Gasteiger partial charge in [-0.1, -0.05) is 22.8 Å². The number of benzene rings is 1. The minimum atomic E-state index is -3.71. The monoisotopic (exact) mass is 491 g/mol. The van der Waals surface area contributed by atoms with Crippen molar-refractivity contribution in [2.24, 2.45) is 5.11 Å². The molecule has 2 N–H and O–H groups in total. The third-order valence-corrected chi connectivity index (χ3v) is 3.97. The summed E-state index contributed by atoms with van der Waals surface area (Å²) in [5.41, 5.74) is 22.3. The number of azide groups is 1. The van der Waals surface area contributed by atoms with Gasteiger partial charge in [-0.3, -0.25) is 13.5 Å². The zero-order chi connectivity index (χ0) is 25.1. The fraction of sp³-hybridized carbons (Fsp3) is 0.625. The Hall–Kier alpha value is -1.48. The molecule has 1 aromatic rings. The maximum Gasteiger partial charge on any atom is 1.00 e. The van der Waals surface area contributed by atoms with Crippen molar-refractivity contribution in [1.82, 2.24) is 0 Å². The molecule has 178 valence electrons. The standard InChI is InChI=1S/C11H16O5S.C4H9N3O2.CH3F.N3.Na/c1-10-2-4-11(5-3-10)17(13,14)16-9-8-15-7-6-12;5-7-6-1-3-9-4-2-8;1-2;1-3-2;/h2-5,12H,6-9H2,1H3;8H,1-4H2;1H3;;/q;;;-1;+1/i;;1D;;. The zero-order valence-electron chi connectivity index (χ0n) is 19.1. The molecule has 0 aliphatic carbocycles. The normalized spacial score (nSPS) is 9.44. The van der Waals surface area contributed by atoms with Crippen LogP contribution in [0.4, 0.5) is 4.39 Å². The Bertz CT molecular complexity index is 737. The molecule has 13 nitrogen and oxygen atoms in total. The second kappa shape index (κ2) is 29.5. The summed E-state index contributed by atoms with van der Waals surface area (Å²) in [4.78, 5) is 4.15. The van der Waals surface area contributed by atoms with Crippen LogP contribution in [0, 0.1) is 6.92 Å². The molecule has 0 aromatic heterocycles. The van der Waals surface area contributed by atoms with Crippen LogP contribution in [0.25, 0.3) is 26.4 Å². The van der Waals surface area contributed by atoms with Gasteiger partial charge in [-0.15, -0.1) is 0 Å². The molecule has 0 fully saturated rings. The van der Waals surface area contributed by atoms with Crippen LogP contribution in [0.15, 0.2) is 34.3 Å². The van der Waals surface area contributed by atoms with E-state index < -0.39 is 17.3 Å². The number of nitrogens with zero attached hydrogens (tertiary/aromatic N) is 6. The SMILES string of the molecule is Cc1ccc(S(=O)(=O)OCCOCCO)cc1.[2H]CF.[N-]=[N+]=NCCOCCO.[N-]=[N+]=[N-].[Na+]. The van der Waals surface area contributed by atoms with Crippen LogP contribution in [-0.2, 0) is 23.8 Å². The van der Waals surface area contributed by atoms with Crippen molar-refractivity contribution < 1.29 is 67.6 Å². The average Bonchev–Trinajstić information content (AvgIpc) is 2.75. The summed E-state index contributed by atoms with van der Waals surface area (Å²) in [7, 11) is -4.71. The van der Waals surface area contributed by atoms with Crippen LogP contribution >= 0.6 is 0 Å². The van der Waals surface area contributed by atoms with Gasteiger partial charge in [0.2, 0.25) is 0 Å². The Balaban J connectivity index is -0.000000222. The molecule has 0 atom stereocenters. The van der Waals surface area contributed by atoms with Crippen LogP contribution in [0.3, 0.4) is 0 Å². The number of halogens is 1. The van der Waals surface area contributed by atoms with Crippen molar-refractivity contribution in [3.63, 3.8) is 0 Å². The van der Waals surface area contributed by atoms with E-state index in [9.17, 15) is 12.8 Å². The molecule has 0 saturated carbocycles. The number of aliphatic hydroxyl groups is 2. The molecule has 0 saturated heterocycles. The average molecular weight is 491 g/mol. The van der Waals surface area contributed by atoms with Crippen molar-refractivity contribution in [1.29, 1.82) is 0 Å². The zero-order valence-corrected chi connectivity index (χ0v) is 20.9. The second-order valence-electron chi connectivity index (χ2n) is 4.81. The van der Waals surface area contributed by atoms with E-state index in [1.807, 2.05) is 6.92 Å². The molecule has 0 heterocycles. The molecule has 0 unspecified atom stereocenters. The molecule has 1 rings (SSSR count). The maximum absolute atomic E-state index is 11.6. The van der Waals surface area contributed by atoms with Crippen molar-refractivity contribution >= 4 is 10.1 Å². The van der Waals surface area contributed by atoms with Gasteiger partial charge in [0.15, 0.2) is 0 Å². The maximum atomic E-state index is 11.6. The molecule has 0 radical (unpaired) electrons. The van der Waals surface area contributed by atoms with E-state index in [-0.39, 0.29) is 67.5 Å². The van der Waals surface area contributed by atoms with Gasteiger partial charge in [0, 0.05) is 11.5 Å². The summed E-state index contributed by atoms with van der Waals surface area (Å²) in [5, 5.41) is 19.9. The Morgan fingerprint density at radius 2 is 1.50 bits per heavy atom. The third kappa shape index (κ3) is 26.6. The quantitative estimate of drug-likeness (QED) is 0.0973. The number of hydrogen-bond acceptors (Lipinski definition) is 8. The van der Waals surface area contributed by atoms with Gasteiger partial charge in [0.1, 0.15) is 0 Å². The van der Waals surface area contributed by atoms with Gasteiger partial charge < -0.3 is 30.7 Å². The number of hydrogen-bond donors (Lipinski definition) is 2. The molecule has 0 bridgehead atoms. The Morgan fingerprint density at radius 3 is 1.94 bits per heavy atom. The fourth-order valence-corrected chi connectivity index (χ4v) is 2.35. The number of ether oxygens (including phenoxy) is 2. The molecule has 0 amide bonds. The summed E-state index contributed by atoms with van der Waals surface area (Å²) < 4.78 is 53.2. The first-order valence-electron chi connectivity index (χ1n) is 9.19. The molecular formula is C16H28FN6NaO7S. The van der Waals surface area contributed by atoms with Crippen LogP contribution in [0.5, 0.6) is 0 Å². The van der Waals surface area contributed by atoms with Crippen molar-refractivity contribution in [3.05, 3.63) is 56.2 Å². The van der Waals surface area contributed by atoms with E-state index in [0.29, 0.717) is 19.8 Å². The van der Waals surface area contributed by atoms with E-state index in [0.717, 1.165) is 5.56 Å². The Labute approximate surface area is 210 Å². The number of rotatable bonds is 12. The molecule has 1 aromatic carbocycles.